The summed E-state index contributed by atoms with van der Waals surface area (Å²) >= 11 is 0. The highest BCUT2D eigenvalue weighted by Crippen LogP contribution is 1.98. The highest BCUT2D eigenvalue weighted by atomic mass is 15.1. The zero-order valence-electron chi connectivity index (χ0n) is 4.81. The molecule has 0 spiro atoms. The predicted octanol–water partition coefficient (Wildman–Crippen LogP) is 0.841. The number of aromatic amines is 1. The summed E-state index contributed by atoms with van der Waals surface area (Å²) in [5.74, 6) is 0. The summed E-state index contributed by atoms with van der Waals surface area (Å²) in [5.41, 5.74) is 1.05. The molecule has 0 aliphatic carbocycles. The average Bonchev–Trinajstić information content (AvgIpc) is 2.19. The Morgan fingerprint density at radius 2 is 2.75 bits per heavy atom. The van der Waals surface area contributed by atoms with Crippen LogP contribution in [0.2, 0.25) is 0 Å². The van der Waals surface area contributed by atoms with Crippen LogP contribution in [0.3, 0.4) is 0 Å². The van der Waals surface area contributed by atoms with Crippen molar-refractivity contribution in [3.8, 4) is 0 Å². The van der Waals surface area contributed by atoms with Gasteiger partial charge in [-0.3, -0.25) is 5.10 Å². The van der Waals surface area contributed by atoms with Crippen molar-refractivity contribution in [2.45, 2.75) is 6.92 Å². The fraction of sp³-hybridized carbons (Fsp3) is 0.400. The van der Waals surface area contributed by atoms with Crippen molar-refractivity contribution >= 4 is 5.69 Å². The Hall–Kier alpha value is -0.990. The highest BCUT2D eigenvalue weighted by molar-refractivity contribution is 5.36. The molecule has 0 saturated heterocycles. The summed E-state index contributed by atoms with van der Waals surface area (Å²) in [6.07, 6.45) is 3.58. The van der Waals surface area contributed by atoms with Gasteiger partial charge < -0.3 is 5.32 Å². The first-order valence-corrected chi connectivity index (χ1v) is 2.66. The molecule has 2 N–H and O–H groups in total. The SMILES string of the molecule is CCNc1cn[nH]c1. The lowest BCUT2D eigenvalue weighted by molar-refractivity contribution is 1.09. The van der Waals surface area contributed by atoms with Crippen LogP contribution < -0.4 is 5.32 Å². The molecule has 3 nitrogen and oxygen atoms in total. The van der Waals surface area contributed by atoms with Gasteiger partial charge in [-0.2, -0.15) is 5.10 Å². The summed E-state index contributed by atoms with van der Waals surface area (Å²) in [4.78, 5) is 0. The standard InChI is InChI=1S/C5H9N3/c1-2-6-5-3-7-8-4-5/h3-4,6H,2H2,1H3,(H,7,8). The molecule has 0 aliphatic rings. The summed E-state index contributed by atoms with van der Waals surface area (Å²) in [7, 11) is 0. The Labute approximate surface area is 48.1 Å². The van der Waals surface area contributed by atoms with Crippen LogP contribution in [0, 0.1) is 0 Å². The molecule has 1 aromatic heterocycles. The third-order valence-electron chi connectivity index (χ3n) is 0.879. The summed E-state index contributed by atoms with van der Waals surface area (Å²) < 4.78 is 0. The molecule has 1 rings (SSSR count). The van der Waals surface area contributed by atoms with Gasteiger partial charge in [0.1, 0.15) is 0 Å². The van der Waals surface area contributed by atoms with E-state index in [1.165, 1.54) is 0 Å². The summed E-state index contributed by atoms with van der Waals surface area (Å²) in [5, 5.41) is 9.55. The van der Waals surface area contributed by atoms with Crippen molar-refractivity contribution in [1.29, 1.82) is 0 Å². The Morgan fingerprint density at radius 1 is 1.88 bits per heavy atom. The molecule has 8 heavy (non-hydrogen) atoms. The Balaban J connectivity index is 2.50. The number of nitrogens with zero attached hydrogens (tertiary/aromatic N) is 1. The Kier molecular flexibility index (Phi) is 1.51. The molecular weight excluding hydrogens is 102 g/mol. The maximum atomic E-state index is 3.75. The van der Waals surface area contributed by atoms with E-state index in [4.69, 9.17) is 0 Å². The van der Waals surface area contributed by atoms with Crippen molar-refractivity contribution in [1.82, 2.24) is 10.2 Å². The average molecular weight is 111 g/mol. The topological polar surface area (TPSA) is 40.7 Å². The van der Waals surface area contributed by atoms with Crippen LogP contribution in [0.15, 0.2) is 12.4 Å². The minimum Gasteiger partial charge on any atom is -0.383 e. The largest absolute Gasteiger partial charge is 0.383 e. The fourth-order valence-corrected chi connectivity index (χ4v) is 0.552. The maximum absolute atomic E-state index is 3.75. The number of aromatic nitrogens is 2. The van der Waals surface area contributed by atoms with E-state index in [2.05, 4.69) is 15.5 Å². The number of anilines is 1. The van der Waals surface area contributed by atoms with E-state index in [1.54, 1.807) is 6.20 Å². The lowest BCUT2D eigenvalue weighted by Gasteiger charge is -1.92. The van der Waals surface area contributed by atoms with Crippen LogP contribution in [-0.4, -0.2) is 16.7 Å². The first-order chi connectivity index (χ1) is 3.93. The van der Waals surface area contributed by atoms with E-state index in [1.807, 2.05) is 13.1 Å². The van der Waals surface area contributed by atoms with Gasteiger partial charge in [-0.15, -0.1) is 0 Å². The van der Waals surface area contributed by atoms with Crippen LogP contribution in [0.5, 0.6) is 0 Å². The normalized spacial score (nSPS) is 9.12. The van der Waals surface area contributed by atoms with Crippen LogP contribution in [0.25, 0.3) is 0 Å². The number of hydrogen-bond donors (Lipinski definition) is 2. The lowest BCUT2D eigenvalue weighted by Crippen LogP contribution is -1.93. The zero-order valence-corrected chi connectivity index (χ0v) is 4.81. The minimum atomic E-state index is 0.944. The molecule has 1 aromatic rings. The van der Waals surface area contributed by atoms with E-state index in [0.717, 1.165) is 12.2 Å². The van der Waals surface area contributed by atoms with Crippen molar-refractivity contribution in [2.24, 2.45) is 0 Å². The van der Waals surface area contributed by atoms with Gasteiger partial charge in [0.2, 0.25) is 0 Å². The summed E-state index contributed by atoms with van der Waals surface area (Å²) in [6, 6.07) is 0. The van der Waals surface area contributed by atoms with E-state index in [-0.39, 0.29) is 0 Å². The van der Waals surface area contributed by atoms with Crippen molar-refractivity contribution in [3.05, 3.63) is 12.4 Å². The quantitative estimate of drug-likeness (QED) is 0.593. The number of H-pyrrole nitrogens is 1. The van der Waals surface area contributed by atoms with Crippen LogP contribution in [0.1, 0.15) is 6.92 Å². The molecular formula is C5H9N3. The lowest BCUT2D eigenvalue weighted by atomic mass is 10.5. The summed E-state index contributed by atoms with van der Waals surface area (Å²) in [6.45, 7) is 2.99. The van der Waals surface area contributed by atoms with E-state index >= 15 is 0 Å². The van der Waals surface area contributed by atoms with Crippen molar-refractivity contribution in [2.75, 3.05) is 11.9 Å². The van der Waals surface area contributed by atoms with Crippen molar-refractivity contribution < 1.29 is 0 Å². The monoisotopic (exact) mass is 111 g/mol. The second kappa shape index (κ2) is 2.35. The van der Waals surface area contributed by atoms with Gasteiger partial charge in [-0.25, -0.2) is 0 Å². The van der Waals surface area contributed by atoms with Crippen LogP contribution >= 0.6 is 0 Å². The number of rotatable bonds is 2. The molecule has 0 fully saturated rings. The van der Waals surface area contributed by atoms with Crippen LogP contribution in [0.4, 0.5) is 5.69 Å². The van der Waals surface area contributed by atoms with Gasteiger partial charge in [0, 0.05) is 12.7 Å². The van der Waals surface area contributed by atoms with E-state index in [9.17, 15) is 0 Å². The highest BCUT2D eigenvalue weighted by Gasteiger charge is 1.84. The predicted molar refractivity (Wildman–Crippen MR) is 32.8 cm³/mol. The van der Waals surface area contributed by atoms with Gasteiger partial charge in [0.25, 0.3) is 0 Å². The molecule has 0 radical (unpaired) electrons. The minimum absolute atomic E-state index is 0.944. The maximum Gasteiger partial charge on any atom is 0.0723 e. The van der Waals surface area contributed by atoms with Crippen molar-refractivity contribution in [3.63, 3.8) is 0 Å². The molecule has 0 atom stereocenters. The molecule has 0 bridgehead atoms. The molecule has 0 saturated carbocycles. The first kappa shape index (κ1) is 5.15. The molecule has 1 heterocycles. The molecule has 3 heteroatoms. The smallest absolute Gasteiger partial charge is 0.0723 e. The molecule has 0 aromatic carbocycles. The Bertz CT molecular complexity index is 133. The second-order valence-corrected chi connectivity index (χ2v) is 1.52. The third-order valence-corrected chi connectivity index (χ3v) is 0.879. The van der Waals surface area contributed by atoms with Crippen LogP contribution in [-0.2, 0) is 0 Å². The molecule has 44 valence electrons. The van der Waals surface area contributed by atoms with Gasteiger partial charge in [-0.1, -0.05) is 0 Å². The molecule has 0 unspecified atom stereocenters. The third kappa shape index (κ3) is 0.992. The number of nitrogens with one attached hydrogen (secondary N) is 2. The fourth-order valence-electron chi connectivity index (χ4n) is 0.552. The zero-order chi connectivity index (χ0) is 5.82. The molecule has 0 aliphatic heterocycles. The second-order valence-electron chi connectivity index (χ2n) is 1.52. The van der Waals surface area contributed by atoms with E-state index in [0.29, 0.717) is 0 Å². The van der Waals surface area contributed by atoms with Gasteiger partial charge in [0.05, 0.1) is 11.9 Å². The van der Waals surface area contributed by atoms with Gasteiger partial charge in [0.15, 0.2) is 0 Å². The molecule has 0 amide bonds. The van der Waals surface area contributed by atoms with Gasteiger partial charge >= 0.3 is 0 Å². The number of hydrogen-bond acceptors (Lipinski definition) is 2. The Morgan fingerprint density at radius 3 is 3.25 bits per heavy atom. The van der Waals surface area contributed by atoms with Gasteiger partial charge in [-0.05, 0) is 6.92 Å². The van der Waals surface area contributed by atoms with E-state index < -0.39 is 0 Å². The first-order valence-electron chi connectivity index (χ1n) is 2.66.